The molecule has 0 saturated heterocycles. The Labute approximate surface area is 168 Å². The molecule has 1 heterocycles. The summed E-state index contributed by atoms with van der Waals surface area (Å²) < 4.78 is 5.59. The SMILES string of the molecule is Cc1ccc([C@@H]2Cc3cc(C(=O)Nc4ccccc4Cl)ccc3C(=O)O2)cc1. The number of anilines is 1. The lowest BCUT2D eigenvalue weighted by atomic mass is 9.92. The second-order valence-electron chi connectivity index (χ2n) is 6.81. The summed E-state index contributed by atoms with van der Waals surface area (Å²) in [5, 5.41) is 3.28. The summed E-state index contributed by atoms with van der Waals surface area (Å²) in [4.78, 5) is 25.0. The lowest BCUT2D eigenvalue weighted by molar-refractivity contribution is 0.0252. The molecule has 4 rings (SSSR count). The Morgan fingerprint density at radius 2 is 1.82 bits per heavy atom. The third-order valence-corrected chi connectivity index (χ3v) is 5.14. The van der Waals surface area contributed by atoms with Crippen molar-refractivity contribution in [2.45, 2.75) is 19.4 Å². The molecule has 0 bridgehead atoms. The molecule has 0 radical (unpaired) electrons. The highest BCUT2D eigenvalue weighted by atomic mass is 35.5. The van der Waals surface area contributed by atoms with Gasteiger partial charge >= 0.3 is 5.97 Å². The minimum atomic E-state index is -0.370. The van der Waals surface area contributed by atoms with E-state index < -0.39 is 0 Å². The van der Waals surface area contributed by atoms with Crippen LogP contribution in [0.2, 0.25) is 5.02 Å². The van der Waals surface area contributed by atoms with E-state index in [2.05, 4.69) is 5.32 Å². The number of amides is 1. The average Bonchev–Trinajstić information content (AvgIpc) is 2.69. The van der Waals surface area contributed by atoms with E-state index in [1.807, 2.05) is 31.2 Å². The maximum absolute atomic E-state index is 12.6. The van der Waals surface area contributed by atoms with Crippen LogP contribution in [-0.2, 0) is 11.2 Å². The highest BCUT2D eigenvalue weighted by Crippen LogP contribution is 2.31. The zero-order valence-electron chi connectivity index (χ0n) is 15.2. The minimum Gasteiger partial charge on any atom is -0.454 e. The summed E-state index contributed by atoms with van der Waals surface area (Å²) >= 11 is 6.11. The van der Waals surface area contributed by atoms with E-state index in [4.69, 9.17) is 16.3 Å². The molecule has 3 aromatic rings. The van der Waals surface area contributed by atoms with Gasteiger partial charge in [0, 0.05) is 12.0 Å². The predicted molar refractivity (Wildman–Crippen MR) is 109 cm³/mol. The molecule has 0 saturated carbocycles. The first-order valence-corrected chi connectivity index (χ1v) is 9.35. The summed E-state index contributed by atoms with van der Waals surface area (Å²) in [5.41, 5.74) is 4.39. The third-order valence-electron chi connectivity index (χ3n) is 4.81. The molecule has 1 atom stereocenters. The quantitative estimate of drug-likeness (QED) is 0.612. The molecule has 140 valence electrons. The summed E-state index contributed by atoms with van der Waals surface area (Å²) in [7, 11) is 0. The minimum absolute atomic E-state index is 0.276. The van der Waals surface area contributed by atoms with E-state index in [1.165, 1.54) is 0 Å². The fourth-order valence-corrected chi connectivity index (χ4v) is 3.44. The Hall–Kier alpha value is -3.11. The standard InChI is InChI=1S/C23H18ClNO3/c1-14-6-8-15(9-7-14)21-13-17-12-16(10-11-18(17)23(27)28-21)22(26)25-20-5-3-2-4-19(20)24/h2-12,21H,13H2,1H3,(H,25,26)/t21-/m0/s1. The molecule has 0 spiro atoms. The monoisotopic (exact) mass is 391 g/mol. The van der Waals surface area contributed by atoms with Gasteiger partial charge < -0.3 is 10.1 Å². The largest absolute Gasteiger partial charge is 0.454 e. The maximum atomic E-state index is 12.6. The van der Waals surface area contributed by atoms with E-state index in [-0.39, 0.29) is 18.0 Å². The van der Waals surface area contributed by atoms with Gasteiger partial charge in [-0.1, -0.05) is 53.6 Å². The number of carbonyl (C=O) groups is 2. The molecule has 0 fully saturated rings. The first kappa shape index (κ1) is 18.3. The Morgan fingerprint density at radius 3 is 2.57 bits per heavy atom. The fourth-order valence-electron chi connectivity index (χ4n) is 3.26. The Kier molecular flexibility index (Phi) is 4.88. The van der Waals surface area contributed by atoms with Crippen molar-refractivity contribution in [3.63, 3.8) is 0 Å². The molecule has 28 heavy (non-hydrogen) atoms. The lowest BCUT2D eigenvalue weighted by Gasteiger charge is -2.25. The number of cyclic esters (lactones) is 1. The number of benzene rings is 3. The number of fused-ring (bicyclic) bond motifs is 1. The van der Waals surface area contributed by atoms with Crippen molar-refractivity contribution in [2.75, 3.05) is 5.32 Å². The van der Waals surface area contributed by atoms with Crippen LogP contribution in [0.4, 0.5) is 5.69 Å². The van der Waals surface area contributed by atoms with Gasteiger partial charge in [-0.25, -0.2) is 4.79 Å². The molecular weight excluding hydrogens is 374 g/mol. The van der Waals surface area contributed by atoms with Crippen molar-refractivity contribution in [3.8, 4) is 0 Å². The number of para-hydroxylation sites is 1. The Balaban J connectivity index is 1.60. The normalized spacial score (nSPS) is 15.5. The molecule has 4 nitrogen and oxygen atoms in total. The van der Waals surface area contributed by atoms with Crippen LogP contribution in [0.15, 0.2) is 66.7 Å². The van der Waals surface area contributed by atoms with Crippen molar-refractivity contribution in [1.82, 2.24) is 0 Å². The second-order valence-corrected chi connectivity index (χ2v) is 7.22. The topological polar surface area (TPSA) is 55.4 Å². The molecule has 0 aromatic heterocycles. The number of ether oxygens (including phenoxy) is 1. The number of rotatable bonds is 3. The van der Waals surface area contributed by atoms with Gasteiger partial charge in [-0.3, -0.25) is 4.79 Å². The zero-order valence-corrected chi connectivity index (χ0v) is 16.0. The van der Waals surface area contributed by atoms with Crippen LogP contribution in [0, 0.1) is 6.92 Å². The third kappa shape index (κ3) is 3.64. The number of halogens is 1. The van der Waals surface area contributed by atoms with Gasteiger partial charge in [-0.05, 0) is 48.4 Å². The average molecular weight is 392 g/mol. The highest BCUT2D eigenvalue weighted by molar-refractivity contribution is 6.33. The lowest BCUT2D eigenvalue weighted by Crippen LogP contribution is -2.23. The van der Waals surface area contributed by atoms with E-state index >= 15 is 0 Å². The first-order chi connectivity index (χ1) is 13.5. The van der Waals surface area contributed by atoms with Crippen molar-refractivity contribution >= 4 is 29.2 Å². The first-order valence-electron chi connectivity index (χ1n) is 8.97. The number of esters is 1. The van der Waals surface area contributed by atoms with E-state index in [9.17, 15) is 9.59 Å². The predicted octanol–water partition coefficient (Wildman–Crippen LogP) is 5.35. The Morgan fingerprint density at radius 1 is 1.07 bits per heavy atom. The molecule has 5 heteroatoms. The van der Waals surface area contributed by atoms with Crippen LogP contribution in [0.3, 0.4) is 0 Å². The summed E-state index contributed by atoms with van der Waals surface area (Å²) in [6.07, 6.45) is 0.166. The summed E-state index contributed by atoms with van der Waals surface area (Å²) in [6, 6.07) is 20.0. The van der Waals surface area contributed by atoms with Gasteiger partial charge in [0.05, 0.1) is 16.3 Å². The number of hydrogen-bond donors (Lipinski definition) is 1. The van der Waals surface area contributed by atoms with Crippen LogP contribution in [0.25, 0.3) is 0 Å². The molecule has 1 aliphatic rings. The molecule has 1 N–H and O–H groups in total. The van der Waals surface area contributed by atoms with Gasteiger partial charge in [0.15, 0.2) is 0 Å². The fraction of sp³-hybridized carbons (Fsp3) is 0.130. The highest BCUT2D eigenvalue weighted by Gasteiger charge is 2.28. The zero-order chi connectivity index (χ0) is 19.7. The number of carbonyl (C=O) groups excluding carboxylic acids is 2. The van der Waals surface area contributed by atoms with Crippen LogP contribution >= 0.6 is 11.6 Å². The van der Waals surface area contributed by atoms with Gasteiger partial charge in [0.2, 0.25) is 0 Å². The van der Waals surface area contributed by atoms with E-state index in [0.29, 0.717) is 28.3 Å². The maximum Gasteiger partial charge on any atom is 0.339 e. The number of nitrogens with one attached hydrogen (secondary N) is 1. The molecule has 1 amide bonds. The van der Waals surface area contributed by atoms with Crippen molar-refractivity contribution < 1.29 is 14.3 Å². The smallest absolute Gasteiger partial charge is 0.339 e. The van der Waals surface area contributed by atoms with E-state index in [1.54, 1.807) is 42.5 Å². The van der Waals surface area contributed by atoms with Gasteiger partial charge in [0.25, 0.3) is 5.91 Å². The molecule has 3 aromatic carbocycles. The second kappa shape index (κ2) is 7.49. The van der Waals surface area contributed by atoms with Crippen LogP contribution in [-0.4, -0.2) is 11.9 Å². The molecule has 0 aliphatic carbocycles. The molecule has 0 unspecified atom stereocenters. The van der Waals surface area contributed by atoms with Gasteiger partial charge in [-0.15, -0.1) is 0 Å². The van der Waals surface area contributed by atoms with E-state index in [0.717, 1.165) is 16.7 Å². The van der Waals surface area contributed by atoms with Gasteiger partial charge in [-0.2, -0.15) is 0 Å². The van der Waals surface area contributed by atoms with Crippen molar-refractivity contribution in [2.24, 2.45) is 0 Å². The van der Waals surface area contributed by atoms with Crippen molar-refractivity contribution in [3.05, 3.63) is 99.6 Å². The number of aryl methyl sites for hydroxylation is 1. The summed E-state index contributed by atoms with van der Waals surface area (Å²) in [5.74, 6) is -0.647. The molecular formula is C23H18ClNO3. The molecule has 1 aliphatic heterocycles. The van der Waals surface area contributed by atoms with Gasteiger partial charge in [0.1, 0.15) is 6.10 Å². The Bertz CT molecular complexity index is 1060. The summed E-state index contributed by atoms with van der Waals surface area (Å²) in [6.45, 7) is 2.01. The van der Waals surface area contributed by atoms with Crippen molar-refractivity contribution in [1.29, 1.82) is 0 Å². The van der Waals surface area contributed by atoms with Crippen LogP contribution in [0.5, 0.6) is 0 Å². The van der Waals surface area contributed by atoms with Crippen LogP contribution < -0.4 is 5.32 Å². The number of hydrogen-bond acceptors (Lipinski definition) is 3. The van der Waals surface area contributed by atoms with Crippen LogP contribution in [0.1, 0.15) is 43.5 Å².